The Kier molecular flexibility index (Phi) is 6.73. The van der Waals surface area contributed by atoms with Gasteiger partial charge in [-0.2, -0.15) is 0 Å². The first-order valence-corrected chi connectivity index (χ1v) is 9.61. The fraction of sp³-hybridized carbons (Fsp3) is 0.545. The van der Waals surface area contributed by atoms with E-state index in [0.29, 0.717) is 11.1 Å². The second-order valence-corrected chi connectivity index (χ2v) is 8.82. The van der Waals surface area contributed by atoms with E-state index in [9.17, 15) is 14.0 Å². The van der Waals surface area contributed by atoms with Gasteiger partial charge in [0.1, 0.15) is 24.1 Å². The summed E-state index contributed by atoms with van der Waals surface area (Å²) < 4.78 is 25.5. The van der Waals surface area contributed by atoms with Crippen molar-refractivity contribution in [2.45, 2.75) is 58.1 Å². The maximum Gasteiger partial charge on any atom is 0.413 e. The minimum atomic E-state index is -1.04. The van der Waals surface area contributed by atoms with E-state index in [-0.39, 0.29) is 5.78 Å². The molecule has 0 unspecified atom stereocenters. The number of carbonyl (C=O) groups excluding carboxylic acids is 2. The molecule has 29 heavy (non-hydrogen) atoms. The van der Waals surface area contributed by atoms with Crippen molar-refractivity contribution in [2.75, 3.05) is 20.8 Å². The molecule has 1 aliphatic rings. The molecule has 0 aromatic heterocycles. The predicted octanol–water partition coefficient (Wildman–Crippen LogP) is 4.33. The normalized spacial score (nSPS) is 21.4. The molecule has 1 heterocycles. The molecule has 6 nitrogen and oxygen atoms in total. The zero-order valence-corrected chi connectivity index (χ0v) is 18.2. The van der Waals surface area contributed by atoms with Crippen LogP contribution in [0, 0.1) is 0 Å². The zero-order valence-electron chi connectivity index (χ0n) is 18.2. The van der Waals surface area contributed by atoms with Crippen molar-refractivity contribution in [3.05, 3.63) is 47.7 Å². The second-order valence-electron chi connectivity index (χ2n) is 8.82. The van der Waals surface area contributed by atoms with Crippen molar-refractivity contribution in [1.82, 2.24) is 9.80 Å². The van der Waals surface area contributed by atoms with Crippen LogP contribution in [0.15, 0.2) is 36.5 Å². The summed E-state index contributed by atoms with van der Waals surface area (Å²) in [6.07, 6.45) is 1.88. The number of amides is 1. The highest BCUT2D eigenvalue weighted by molar-refractivity contribution is 6.04. The summed E-state index contributed by atoms with van der Waals surface area (Å²) in [5.41, 5.74) is -0.522. The number of ketones is 1. The van der Waals surface area contributed by atoms with Crippen LogP contribution in [0.2, 0.25) is 0 Å². The number of benzene rings is 1. The Morgan fingerprint density at radius 3 is 2.31 bits per heavy atom. The Morgan fingerprint density at radius 1 is 1.24 bits per heavy atom. The van der Waals surface area contributed by atoms with Crippen LogP contribution in [0.1, 0.15) is 56.6 Å². The summed E-state index contributed by atoms with van der Waals surface area (Å²) in [5.74, 6) is -0.129. The third-order valence-corrected chi connectivity index (χ3v) is 4.47. The molecule has 0 bridgehead atoms. The quantitative estimate of drug-likeness (QED) is 0.538. The van der Waals surface area contributed by atoms with Crippen LogP contribution in [0.5, 0.6) is 0 Å². The van der Waals surface area contributed by atoms with Gasteiger partial charge < -0.3 is 14.4 Å². The molecule has 0 aliphatic carbocycles. The van der Waals surface area contributed by atoms with Crippen LogP contribution in [-0.2, 0) is 9.47 Å². The van der Waals surface area contributed by atoms with Crippen molar-refractivity contribution in [2.24, 2.45) is 0 Å². The van der Waals surface area contributed by atoms with Crippen LogP contribution in [-0.4, -0.2) is 59.8 Å². The number of rotatable bonds is 5. The summed E-state index contributed by atoms with van der Waals surface area (Å²) in [6.45, 7) is 7.93. The topological polar surface area (TPSA) is 59.1 Å². The highest BCUT2D eigenvalue weighted by atomic mass is 19.1. The fourth-order valence-electron chi connectivity index (χ4n) is 3.24. The number of ether oxygens (including phenoxy) is 2. The number of hydrogen-bond donors (Lipinski definition) is 0. The van der Waals surface area contributed by atoms with Crippen molar-refractivity contribution in [3.8, 4) is 0 Å². The molecule has 0 spiro atoms. The van der Waals surface area contributed by atoms with Crippen LogP contribution < -0.4 is 0 Å². The third-order valence-electron chi connectivity index (χ3n) is 4.47. The van der Waals surface area contributed by atoms with E-state index in [1.54, 1.807) is 70.0 Å². The van der Waals surface area contributed by atoms with Crippen LogP contribution in [0.4, 0.5) is 9.18 Å². The van der Waals surface area contributed by atoms with Gasteiger partial charge >= 0.3 is 6.09 Å². The molecule has 160 valence electrons. The molecule has 1 saturated heterocycles. The number of halogens is 1. The van der Waals surface area contributed by atoms with E-state index in [4.69, 9.17) is 9.47 Å². The second kappa shape index (κ2) is 8.53. The summed E-state index contributed by atoms with van der Waals surface area (Å²) in [7, 11) is 3.67. The standard InChI is InChI=1S/C22H31FN2O4/c1-21(2,3)29-20(27)25-17(14-23)19(28-22(25,4)5)16-10-8-15(9-11-16)18(26)12-13-24(6)7/h8-13,17,19H,14H2,1-7H3/b13-12+/t17-,19-/m1/s1. The van der Waals surface area contributed by atoms with Gasteiger partial charge in [-0.25, -0.2) is 9.18 Å². The average molecular weight is 406 g/mol. The smallest absolute Gasteiger partial charge is 0.413 e. The molecule has 1 fully saturated rings. The van der Waals surface area contributed by atoms with E-state index in [1.165, 1.54) is 11.0 Å². The lowest BCUT2D eigenvalue weighted by Gasteiger charge is -2.34. The minimum absolute atomic E-state index is 0.129. The Labute approximate surface area is 172 Å². The molecule has 2 atom stereocenters. The fourth-order valence-corrected chi connectivity index (χ4v) is 3.24. The molecule has 1 aromatic rings. The van der Waals surface area contributed by atoms with Gasteiger partial charge in [0.15, 0.2) is 5.78 Å². The van der Waals surface area contributed by atoms with Crippen molar-refractivity contribution >= 4 is 11.9 Å². The van der Waals surface area contributed by atoms with Crippen molar-refractivity contribution in [3.63, 3.8) is 0 Å². The maximum atomic E-state index is 14.0. The first kappa shape index (κ1) is 22.9. The minimum Gasteiger partial charge on any atom is -0.444 e. The van der Waals surface area contributed by atoms with Gasteiger partial charge in [-0.05, 0) is 40.2 Å². The lowest BCUT2D eigenvalue weighted by molar-refractivity contribution is -0.0797. The lowest BCUT2D eigenvalue weighted by Crippen LogP contribution is -2.50. The van der Waals surface area contributed by atoms with Gasteiger partial charge in [0.25, 0.3) is 0 Å². The number of nitrogens with zero attached hydrogens (tertiary/aromatic N) is 2. The predicted molar refractivity (Wildman–Crippen MR) is 109 cm³/mol. The SMILES string of the molecule is CN(C)/C=C/C(=O)c1ccc([C@H]2OC(C)(C)N(C(=O)OC(C)(C)C)[C@@H]2CF)cc1. The third kappa shape index (κ3) is 5.56. The van der Waals surface area contributed by atoms with Gasteiger partial charge in [-0.15, -0.1) is 0 Å². The summed E-state index contributed by atoms with van der Waals surface area (Å²) in [5, 5.41) is 0. The molecular weight excluding hydrogens is 375 g/mol. The monoisotopic (exact) mass is 406 g/mol. The molecule has 1 aliphatic heterocycles. The molecule has 0 N–H and O–H groups in total. The first-order chi connectivity index (χ1) is 13.4. The molecular formula is C22H31FN2O4. The van der Waals surface area contributed by atoms with Gasteiger partial charge in [0.2, 0.25) is 0 Å². The van der Waals surface area contributed by atoms with E-state index in [1.807, 2.05) is 14.1 Å². The van der Waals surface area contributed by atoms with E-state index < -0.39 is 36.2 Å². The number of alkyl halides is 1. The lowest BCUT2D eigenvalue weighted by atomic mass is 10.00. The Bertz CT molecular complexity index is 766. The van der Waals surface area contributed by atoms with Gasteiger partial charge in [-0.1, -0.05) is 24.3 Å². The number of hydrogen-bond acceptors (Lipinski definition) is 5. The Morgan fingerprint density at radius 2 is 1.83 bits per heavy atom. The van der Waals surface area contributed by atoms with Gasteiger partial charge in [0, 0.05) is 31.9 Å². The summed E-state index contributed by atoms with van der Waals surface area (Å²) in [4.78, 5) is 28.0. The first-order valence-electron chi connectivity index (χ1n) is 9.61. The van der Waals surface area contributed by atoms with Gasteiger partial charge in [0.05, 0.1) is 6.04 Å². The summed E-state index contributed by atoms with van der Waals surface area (Å²) in [6, 6.07) is 6.01. The molecule has 7 heteroatoms. The largest absolute Gasteiger partial charge is 0.444 e. The Balaban J connectivity index is 2.26. The van der Waals surface area contributed by atoms with Crippen LogP contribution in [0.25, 0.3) is 0 Å². The Hall–Kier alpha value is -2.41. The van der Waals surface area contributed by atoms with E-state index >= 15 is 0 Å². The molecule has 1 aromatic carbocycles. The number of allylic oxidation sites excluding steroid dienone is 1. The van der Waals surface area contributed by atoms with E-state index in [2.05, 4.69) is 0 Å². The average Bonchev–Trinajstić information content (AvgIpc) is 2.88. The number of carbonyl (C=O) groups is 2. The van der Waals surface area contributed by atoms with E-state index in [0.717, 1.165) is 0 Å². The van der Waals surface area contributed by atoms with Crippen LogP contribution >= 0.6 is 0 Å². The molecule has 1 amide bonds. The highest BCUT2D eigenvalue weighted by Crippen LogP contribution is 2.42. The van der Waals surface area contributed by atoms with Gasteiger partial charge in [-0.3, -0.25) is 9.69 Å². The molecule has 0 saturated carbocycles. The summed E-state index contributed by atoms with van der Waals surface area (Å²) >= 11 is 0. The molecule has 2 rings (SSSR count). The van der Waals surface area contributed by atoms with Crippen molar-refractivity contribution < 1.29 is 23.5 Å². The van der Waals surface area contributed by atoms with Crippen molar-refractivity contribution in [1.29, 1.82) is 0 Å². The molecule has 0 radical (unpaired) electrons. The zero-order chi connectivity index (χ0) is 22.0. The maximum absolute atomic E-state index is 14.0. The van der Waals surface area contributed by atoms with Crippen LogP contribution in [0.3, 0.4) is 0 Å². The highest BCUT2D eigenvalue weighted by Gasteiger charge is 2.51.